The van der Waals surface area contributed by atoms with Gasteiger partial charge in [0.2, 0.25) is 0 Å². The predicted molar refractivity (Wildman–Crippen MR) is 120 cm³/mol. The van der Waals surface area contributed by atoms with Crippen molar-refractivity contribution >= 4 is 28.7 Å². The lowest BCUT2D eigenvalue weighted by molar-refractivity contribution is -0.158. The molecule has 0 saturated carbocycles. The van der Waals surface area contributed by atoms with Gasteiger partial charge >= 0.3 is 11.9 Å². The van der Waals surface area contributed by atoms with Crippen LogP contribution in [0.2, 0.25) is 0 Å². The van der Waals surface area contributed by atoms with Crippen LogP contribution in [-0.2, 0) is 25.5 Å². The molecule has 0 atom stereocenters. The minimum absolute atomic E-state index is 0.151. The van der Waals surface area contributed by atoms with Crippen LogP contribution >= 0.6 is 0 Å². The van der Waals surface area contributed by atoms with Gasteiger partial charge in [-0.25, -0.2) is 9.18 Å². The van der Waals surface area contributed by atoms with Crippen LogP contribution in [0, 0.1) is 12.7 Å². The molecular weight excluding hydrogens is 429 g/mol. The number of carbonyl (C=O) groups is 3. The highest BCUT2D eigenvalue weighted by molar-refractivity contribution is 6.05. The highest BCUT2D eigenvalue weighted by Crippen LogP contribution is 2.31. The molecule has 0 aliphatic rings. The van der Waals surface area contributed by atoms with E-state index in [9.17, 15) is 18.8 Å². The van der Waals surface area contributed by atoms with E-state index in [1.807, 2.05) is 6.92 Å². The summed E-state index contributed by atoms with van der Waals surface area (Å²) < 4.78 is 30.2. The largest absolute Gasteiger partial charge is 0.497 e. The second-order valence-electron chi connectivity index (χ2n) is 7.51. The maximum Gasteiger partial charge on any atom is 0.344 e. The van der Waals surface area contributed by atoms with E-state index in [1.54, 1.807) is 25.1 Å². The maximum absolute atomic E-state index is 13.3. The second-order valence-corrected chi connectivity index (χ2v) is 7.51. The lowest BCUT2D eigenvalue weighted by Gasteiger charge is -2.08. The van der Waals surface area contributed by atoms with Gasteiger partial charge < -0.3 is 14.2 Å². The van der Waals surface area contributed by atoms with E-state index in [-0.39, 0.29) is 18.9 Å². The first-order valence-corrected chi connectivity index (χ1v) is 10.6. The molecule has 8 heteroatoms. The standard InChI is InChI=1S/C25H26FNO6/c1-4-5-12-32-24(29)15-33-23(28)14-20-16(2)27(22-11-10-19(31-3)13-21(20)22)25(30)17-6-8-18(26)9-7-17/h6-11,13H,4-5,12,14-15H2,1-3H3. The molecule has 0 saturated heterocycles. The average molecular weight is 455 g/mol. The molecule has 33 heavy (non-hydrogen) atoms. The van der Waals surface area contributed by atoms with Crippen LogP contribution in [0.4, 0.5) is 4.39 Å². The van der Waals surface area contributed by atoms with Crippen molar-refractivity contribution < 1.29 is 33.0 Å². The first kappa shape index (κ1) is 24.0. The zero-order chi connectivity index (χ0) is 24.0. The summed E-state index contributed by atoms with van der Waals surface area (Å²) >= 11 is 0. The molecule has 0 amide bonds. The van der Waals surface area contributed by atoms with Crippen LogP contribution in [0.1, 0.15) is 41.4 Å². The Labute approximate surface area is 191 Å². The smallest absolute Gasteiger partial charge is 0.344 e. The van der Waals surface area contributed by atoms with Crippen LogP contribution < -0.4 is 4.74 Å². The van der Waals surface area contributed by atoms with E-state index >= 15 is 0 Å². The molecule has 2 aromatic carbocycles. The first-order valence-electron chi connectivity index (χ1n) is 10.6. The van der Waals surface area contributed by atoms with E-state index < -0.39 is 24.4 Å². The van der Waals surface area contributed by atoms with Crippen molar-refractivity contribution in [2.45, 2.75) is 33.1 Å². The highest BCUT2D eigenvalue weighted by atomic mass is 19.1. The summed E-state index contributed by atoms with van der Waals surface area (Å²) in [6.45, 7) is 3.50. The van der Waals surface area contributed by atoms with E-state index in [4.69, 9.17) is 14.2 Å². The van der Waals surface area contributed by atoms with E-state index in [2.05, 4.69) is 0 Å². The number of hydrogen-bond acceptors (Lipinski definition) is 6. The average Bonchev–Trinajstić information content (AvgIpc) is 3.08. The zero-order valence-electron chi connectivity index (χ0n) is 18.9. The molecule has 1 heterocycles. The van der Waals surface area contributed by atoms with Gasteiger partial charge in [0.15, 0.2) is 6.61 Å². The first-order chi connectivity index (χ1) is 15.8. The molecule has 174 valence electrons. The summed E-state index contributed by atoms with van der Waals surface area (Å²) in [6, 6.07) is 10.4. The van der Waals surface area contributed by atoms with Gasteiger partial charge in [-0.3, -0.25) is 14.2 Å². The number of esters is 2. The van der Waals surface area contributed by atoms with Gasteiger partial charge in [-0.05, 0) is 61.4 Å². The van der Waals surface area contributed by atoms with Crippen molar-refractivity contribution in [2.24, 2.45) is 0 Å². The molecule has 0 spiro atoms. The molecule has 0 radical (unpaired) electrons. The molecule has 3 rings (SSSR count). The van der Waals surface area contributed by atoms with Crippen LogP contribution in [0.3, 0.4) is 0 Å². The fraction of sp³-hybridized carbons (Fsp3) is 0.320. The monoisotopic (exact) mass is 455 g/mol. The van der Waals surface area contributed by atoms with Gasteiger partial charge in [0, 0.05) is 16.6 Å². The number of carbonyl (C=O) groups excluding carboxylic acids is 3. The summed E-state index contributed by atoms with van der Waals surface area (Å²) in [4.78, 5) is 37.4. The van der Waals surface area contributed by atoms with Gasteiger partial charge in [0.05, 0.1) is 25.7 Å². The Hall–Kier alpha value is -3.68. The molecule has 0 aliphatic carbocycles. The Bertz CT molecular complexity index is 1170. The number of fused-ring (bicyclic) bond motifs is 1. The van der Waals surface area contributed by atoms with Crippen LogP contribution in [0.5, 0.6) is 5.75 Å². The Balaban J connectivity index is 1.89. The fourth-order valence-electron chi connectivity index (χ4n) is 3.50. The molecule has 0 bridgehead atoms. The molecule has 7 nitrogen and oxygen atoms in total. The highest BCUT2D eigenvalue weighted by Gasteiger charge is 2.23. The molecule has 0 N–H and O–H groups in total. The van der Waals surface area contributed by atoms with E-state index in [0.29, 0.717) is 33.5 Å². The summed E-state index contributed by atoms with van der Waals surface area (Å²) in [6.07, 6.45) is 1.47. The summed E-state index contributed by atoms with van der Waals surface area (Å²) in [5.41, 5.74) is 1.99. The third-order valence-corrected chi connectivity index (χ3v) is 5.27. The quantitative estimate of drug-likeness (QED) is 0.355. The van der Waals surface area contributed by atoms with Gasteiger partial charge in [0.1, 0.15) is 11.6 Å². The van der Waals surface area contributed by atoms with E-state index in [1.165, 1.54) is 35.9 Å². The Morgan fingerprint density at radius 2 is 1.73 bits per heavy atom. The molecular formula is C25H26FNO6. The predicted octanol–water partition coefficient (Wildman–Crippen LogP) is 4.21. The Morgan fingerprint density at radius 3 is 2.39 bits per heavy atom. The third kappa shape index (κ3) is 5.58. The van der Waals surface area contributed by atoms with Crippen molar-refractivity contribution in [1.82, 2.24) is 4.57 Å². The number of benzene rings is 2. The zero-order valence-corrected chi connectivity index (χ0v) is 18.9. The summed E-state index contributed by atoms with van der Waals surface area (Å²) in [5.74, 6) is -1.47. The van der Waals surface area contributed by atoms with Gasteiger partial charge in [-0.1, -0.05) is 13.3 Å². The van der Waals surface area contributed by atoms with Crippen molar-refractivity contribution in [3.05, 3.63) is 65.1 Å². The van der Waals surface area contributed by atoms with Crippen LogP contribution in [0.25, 0.3) is 10.9 Å². The van der Waals surface area contributed by atoms with Crippen molar-refractivity contribution in [1.29, 1.82) is 0 Å². The van der Waals surface area contributed by atoms with Crippen molar-refractivity contribution in [2.75, 3.05) is 20.3 Å². The molecule has 0 unspecified atom stereocenters. The number of nitrogens with zero attached hydrogens (tertiary/aromatic N) is 1. The normalized spacial score (nSPS) is 10.8. The number of unbranched alkanes of at least 4 members (excludes halogenated alkanes) is 1. The Kier molecular flexibility index (Phi) is 7.82. The summed E-state index contributed by atoms with van der Waals surface area (Å²) in [5, 5.41) is 0.643. The van der Waals surface area contributed by atoms with Crippen molar-refractivity contribution in [3.63, 3.8) is 0 Å². The minimum atomic E-state index is -0.623. The minimum Gasteiger partial charge on any atom is -0.497 e. The van der Waals surface area contributed by atoms with Gasteiger partial charge in [-0.2, -0.15) is 0 Å². The van der Waals surface area contributed by atoms with E-state index in [0.717, 1.165) is 12.8 Å². The molecule has 0 aliphatic heterocycles. The molecule has 1 aromatic heterocycles. The van der Waals surface area contributed by atoms with Gasteiger partial charge in [0.25, 0.3) is 5.91 Å². The number of hydrogen-bond donors (Lipinski definition) is 0. The number of ether oxygens (including phenoxy) is 3. The SMILES string of the molecule is CCCCOC(=O)COC(=O)Cc1c(C)n(C(=O)c2ccc(F)cc2)c2ccc(OC)cc12. The van der Waals surface area contributed by atoms with Crippen molar-refractivity contribution in [3.8, 4) is 5.75 Å². The Morgan fingerprint density at radius 1 is 1.00 bits per heavy atom. The number of rotatable bonds is 9. The lowest BCUT2D eigenvalue weighted by Crippen LogP contribution is -2.18. The summed E-state index contributed by atoms with van der Waals surface area (Å²) in [7, 11) is 1.52. The number of halogens is 1. The molecule has 0 fully saturated rings. The maximum atomic E-state index is 13.3. The van der Waals surface area contributed by atoms with Gasteiger partial charge in [-0.15, -0.1) is 0 Å². The lowest BCUT2D eigenvalue weighted by atomic mass is 10.1. The topological polar surface area (TPSA) is 83.8 Å². The second kappa shape index (κ2) is 10.8. The third-order valence-electron chi connectivity index (χ3n) is 5.27. The number of aromatic nitrogens is 1. The molecule has 3 aromatic rings. The van der Waals surface area contributed by atoms with Crippen LogP contribution in [0.15, 0.2) is 42.5 Å². The fourth-order valence-corrected chi connectivity index (χ4v) is 3.50. The number of methoxy groups -OCH3 is 1. The van der Waals surface area contributed by atoms with Crippen LogP contribution in [-0.4, -0.2) is 42.7 Å².